The molecule has 0 radical (unpaired) electrons. The second-order valence-electron chi connectivity index (χ2n) is 5.64. The lowest BCUT2D eigenvalue weighted by molar-refractivity contribution is 0.409. The summed E-state index contributed by atoms with van der Waals surface area (Å²) in [7, 11) is 1.70. The number of benzene rings is 2. The van der Waals surface area contributed by atoms with Crippen molar-refractivity contribution in [2.24, 2.45) is 4.99 Å². The summed E-state index contributed by atoms with van der Waals surface area (Å²) >= 11 is 0. The average Bonchev–Trinajstić information content (AvgIpc) is 3.14. The van der Waals surface area contributed by atoms with Crippen LogP contribution in [0.5, 0.6) is 5.75 Å². The van der Waals surface area contributed by atoms with Crippen molar-refractivity contribution in [3.05, 3.63) is 60.2 Å². The molecule has 23 heavy (non-hydrogen) atoms. The number of ether oxygens (including phenoxy) is 1. The van der Waals surface area contributed by atoms with Crippen LogP contribution in [0.3, 0.4) is 0 Å². The van der Waals surface area contributed by atoms with Crippen molar-refractivity contribution < 1.29 is 4.74 Å². The maximum absolute atomic E-state index is 5.42. The Labute approximate surface area is 137 Å². The number of hydrogen-bond acceptors (Lipinski definition) is 2. The molecule has 1 saturated heterocycles. The molecule has 4 heteroatoms. The highest BCUT2D eigenvalue weighted by atomic mass is 16.5. The van der Waals surface area contributed by atoms with Gasteiger partial charge in [0.25, 0.3) is 0 Å². The molecule has 4 nitrogen and oxygen atoms in total. The van der Waals surface area contributed by atoms with E-state index in [1.54, 1.807) is 7.11 Å². The van der Waals surface area contributed by atoms with Crippen LogP contribution in [0, 0.1) is 0 Å². The van der Waals surface area contributed by atoms with Gasteiger partial charge in [0, 0.05) is 24.3 Å². The first kappa shape index (κ1) is 15.4. The number of nitrogens with zero attached hydrogens (tertiary/aromatic N) is 2. The predicted octanol–water partition coefficient (Wildman–Crippen LogP) is 3.76. The first-order valence-electron chi connectivity index (χ1n) is 8.10. The molecule has 1 N–H and O–H groups in total. The summed E-state index contributed by atoms with van der Waals surface area (Å²) in [6.07, 6.45) is 2.45. The van der Waals surface area contributed by atoms with E-state index in [2.05, 4.69) is 28.4 Å². The van der Waals surface area contributed by atoms with E-state index in [0.29, 0.717) is 6.54 Å². The maximum Gasteiger partial charge on any atom is 0.198 e. The zero-order valence-corrected chi connectivity index (χ0v) is 13.5. The second-order valence-corrected chi connectivity index (χ2v) is 5.64. The number of hydrogen-bond donors (Lipinski definition) is 1. The van der Waals surface area contributed by atoms with Gasteiger partial charge >= 0.3 is 0 Å². The highest BCUT2D eigenvalue weighted by molar-refractivity contribution is 5.93. The molecular weight excluding hydrogens is 286 g/mol. The minimum Gasteiger partial charge on any atom is -0.496 e. The Morgan fingerprint density at radius 2 is 1.74 bits per heavy atom. The van der Waals surface area contributed by atoms with Crippen LogP contribution < -0.4 is 10.1 Å². The van der Waals surface area contributed by atoms with Gasteiger partial charge < -0.3 is 15.0 Å². The van der Waals surface area contributed by atoms with E-state index in [-0.39, 0.29) is 0 Å². The molecule has 0 bridgehead atoms. The summed E-state index contributed by atoms with van der Waals surface area (Å²) in [4.78, 5) is 7.15. The molecule has 0 unspecified atom stereocenters. The number of guanidine groups is 1. The highest BCUT2D eigenvalue weighted by Crippen LogP contribution is 2.19. The Morgan fingerprint density at radius 1 is 1.04 bits per heavy atom. The standard InChI is InChI=1S/C19H23N3O/c1-23-18-12-6-5-9-16(18)15-20-19(22-13-7-8-14-22)21-17-10-3-2-4-11-17/h2-6,9-12H,7-8,13-15H2,1H3,(H,20,21). The van der Waals surface area contributed by atoms with Crippen molar-refractivity contribution in [2.75, 3.05) is 25.5 Å². The van der Waals surface area contributed by atoms with Gasteiger partial charge in [-0.25, -0.2) is 4.99 Å². The van der Waals surface area contributed by atoms with Crippen LogP contribution in [0.2, 0.25) is 0 Å². The van der Waals surface area contributed by atoms with Gasteiger partial charge in [-0.3, -0.25) is 0 Å². The SMILES string of the molecule is COc1ccccc1CN=C(Nc1ccccc1)N1CCCC1. The average molecular weight is 309 g/mol. The van der Waals surface area contributed by atoms with Crippen LogP contribution >= 0.6 is 0 Å². The first-order valence-corrected chi connectivity index (χ1v) is 8.10. The summed E-state index contributed by atoms with van der Waals surface area (Å²) in [5, 5.41) is 3.46. The largest absolute Gasteiger partial charge is 0.496 e. The molecular formula is C19H23N3O. The van der Waals surface area contributed by atoms with Crippen LogP contribution in [0.15, 0.2) is 59.6 Å². The zero-order valence-electron chi connectivity index (χ0n) is 13.5. The number of aliphatic imine (C=N–C) groups is 1. The van der Waals surface area contributed by atoms with Crippen LogP contribution in [0.4, 0.5) is 5.69 Å². The van der Waals surface area contributed by atoms with E-state index >= 15 is 0 Å². The molecule has 2 aromatic carbocycles. The molecule has 0 amide bonds. The second kappa shape index (κ2) is 7.68. The molecule has 0 atom stereocenters. The molecule has 120 valence electrons. The summed E-state index contributed by atoms with van der Waals surface area (Å²) in [5.41, 5.74) is 2.17. The summed E-state index contributed by atoms with van der Waals surface area (Å²) in [6.45, 7) is 2.73. The Balaban J connectivity index is 1.79. The molecule has 0 aromatic heterocycles. The lowest BCUT2D eigenvalue weighted by atomic mass is 10.2. The van der Waals surface area contributed by atoms with E-state index in [4.69, 9.17) is 9.73 Å². The van der Waals surface area contributed by atoms with Gasteiger partial charge in [0.15, 0.2) is 5.96 Å². The number of likely N-dealkylation sites (tertiary alicyclic amines) is 1. The van der Waals surface area contributed by atoms with Crippen LogP contribution in [-0.4, -0.2) is 31.1 Å². The Kier molecular flexibility index (Phi) is 5.14. The van der Waals surface area contributed by atoms with E-state index in [0.717, 1.165) is 36.0 Å². The molecule has 1 fully saturated rings. The molecule has 1 aliphatic rings. The molecule has 0 aliphatic carbocycles. The third-order valence-corrected chi connectivity index (χ3v) is 4.03. The van der Waals surface area contributed by atoms with Gasteiger partial charge in [0.2, 0.25) is 0 Å². The van der Waals surface area contributed by atoms with Gasteiger partial charge in [-0.15, -0.1) is 0 Å². The predicted molar refractivity (Wildman–Crippen MR) is 95.0 cm³/mol. The lowest BCUT2D eigenvalue weighted by Crippen LogP contribution is -2.34. The van der Waals surface area contributed by atoms with E-state index < -0.39 is 0 Å². The molecule has 0 spiro atoms. The third-order valence-electron chi connectivity index (χ3n) is 4.03. The molecule has 2 aromatic rings. The van der Waals surface area contributed by atoms with Crippen molar-refractivity contribution in [1.29, 1.82) is 0 Å². The molecule has 1 aliphatic heterocycles. The lowest BCUT2D eigenvalue weighted by Gasteiger charge is -2.21. The van der Waals surface area contributed by atoms with Crippen LogP contribution in [-0.2, 0) is 6.54 Å². The third kappa shape index (κ3) is 4.03. The van der Waals surface area contributed by atoms with E-state index in [1.165, 1.54) is 12.8 Å². The van der Waals surface area contributed by atoms with E-state index in [1.807, 2.05) is 36.4 Å². The fourth-order valence-corrected chi connectivity index (χ4v) is 2.79. The molecule has 0 saturated carbocycles. The van der Waals surface area contributed by atoms with Gasteiger partial charge in [-0.2, -0.15) is 0 Å². The van der Waals surface area contributed by atoms with Crippen molar-refractivity contribution in [2.45, 2.75) is 19.4 Å². The first-order chi connectivity index (χ1) is 11.4. The number of nitrogens with one attached hydrogen (secondary N) is 1. The number of methoxy groups -OCH3 is 1. The Bertz CT molecular complexity index is 649. The maximum atomic E-state index is 5.42. The normalized spacial score (nSPS) is 14.8. The van der Waals surface area contributed by atoms with Crippen LogP contribution in [0.1, 0.15) is 18.4 Å². The fourth-order valence-electron chi connectivity index (χ4n) is 2.79. The quantitative estimate of drug-likeness (QED) is 0.690. The summed E-state index contributed by atoms with van der Waals surface area (Å²) in [5.74, 6) is 1.83. The number of para-hydroxylation sites is 2. The number of anilines is 1. The van der Waals surface area contributed by atoms with Gasteiger partial charge in [-0.1, -0.05) is 36.4 Å². The Morgan fingerprint density at radius 3 is 2.48 bits per heavy atom. The summed E-state index contributed by atoms with van der Waals surface area (Å²) < 4.78 is 5.42. The van der Waals surface area contributed by atoms with Crippen LogP contribution in [0.25, 0.3) is 0 Å². The minimum absolute atomic E-state index is 0.607. The molecule has 1 heterocycles. The van der Waals surface area contributed by atoms with Crippen molar-refractivity contribution in [3.63, 3.8) is 0 Å². The monoisotopic (exact) mass is 309 g/mol. The topological polar surface area (TPSA) is 36.9 Å². The van der Waals surface area contributed by atoms with Crippen molar-refractivity contribution >= 4 is 11.6 Å². The highest BCUT2D eigenvalue weighted by Gasteiger charge is 2.16. The van der Waals surface area contributed by atoms with Gasteiger partial charge in [-0.05, 0) is 31.0 Å². The number of rotatable bonds is 4. The smallest absolute Gasteiger partial charge is 0.198 e. The van der Waals surface area contributed by atoms with Crippen molar-refractivity contribution in [3.8, 4) is 5.75 Å². The van der Waals surface area contributed by atoms with Crippen molar-refractivity contribution in [1.82, 2.24) is 4.90 Å². The van der Waals surface area contributed by atoms with Gasteiger partial charge in [0.05, 0.1) is 13.7 Å². The summed E-state index contributed by atoms with van der Waals surface area (Å²) in [6, 6.07) is 18.3. The molecule has 3 rings (SSSR count). The van der Waals surface area contributed by atoms with E-state index in [9.17, 15) is 0 Å². The van der Waals surface area contributed by atoms with Gasteiger partial charge in [0.1, 0.15) is 5.75 Å². The fraction of sp³-hybridized carbons (Fsp3) is 0.316. The minimum atomic E-state index is 0.607. The zero-order chi connectivity index (χ0) is 15.9. The Hall–Kier alpha value is -2.49.